The molecule has 1 aliphatic heterocycles. The van der Waals surface area contributed by atoms with Crippen LogP contribution < -0.4 is 5.32 Å². The Morgan fingerprint density at radius 3 is 2.53 bits per heavy atom. The average Bonchev–Trinajstić information content (AvgIpc) is 3.08. The molecule has 112 valence electrons. The van der Waals surface area contributed by atoms with Gasteiger partial charge in [0.05, 0.1) is 0 Å². The first-order valence-electron chi connectivity index (χ1n) is 8.83. The first-order chi connectivity index (χ1) is 9.36. The summed E-state index contributed by atoms with van der Waals surface area (Å²) in [5.41, 5.74) is 0. The summed E-state index contributed by atoms with van der Waals surface area (Å²) in [4.78, 5) is 2.89. The molecule has 2 nitrogen and oxygen atoms in total. The van der Waals surface area contributed by atoms with Crippen molar-refractivity contribution >= 4 is 0 Å². The van der Waals surface area contributed by atoms with E-state index in [0.29, 0.717) is 0 Å². The van der Waals surface area contributed by atoms with E-state index >= 15 is 0 Å². The largest absolute Gasteiger partial charge is 0.315 e. The van der Waals surface area contributed by atoms with Crippen LogP contribution in [0.25, 0.3) is 0 Å². The molecule has 2 heteroatoms. The third kappa shape index (κ3) is 4.19. The lowest BCUT2D eigenvalue weighted by Gasteiger charge is -2.36. The fraction of sp³-hybridized carbons (Fsp3) is 1.00. The predicted molar refractivity (Wildman–Crippen MR) is 83.5 cm³/mol. The Balaban J connectivity index is 1.89. The Hall–Kier alpha value is -0.0800. The van der Waals surface area contributed by atoms with Crippen LogP contribution in [0.2, 0.25) is 0 Å². The molecule has 0 aromatic carbocycles. The number of nitrogens with zero attached hydrogens (tertiary/aromatic N) is 1. The molecule has 0 radical (unpaired) electrons. The molecule has 2 rings (SSSR count). The number of nitrogens with one attached hydrogen (secondary N) is 1. The summed E-state index contributed by atoms with van der Waals surface area (Å²) in [7, 11) is 0. The van der Waals surface area contributed by atoms with Crippen LogP contribution in [0, 0.1) is 5.92 Å². The first kappa shape index (κ1) is 15.3. The molecule has 1 heterocycles. The van der Waals surface area contributed by atoms with E-state index in [1.165, 1.54) is 77.4 Å². The van der Waals surface area contributed by atoms with Gasteiger partial charge < -0.3 is 5.32 Å². The van der Waals surface area contributed by atoms with Gasteiger partial charge in [0, 0.05) is 18.6 Å². The van der Waals surface area contributed by atoms with E-state index in [0.717, 1.165) is 18.0 Å². The maximum absolute atomic E-state index is 3.67. The minimum Gasteiger partial charge on any atom is -0.315 e. The molecule has 0 aromatic rings. The van der Waals surface area contributed by atoms with Gasteiger partial charge in [0.2, 0.25) is 0 Å². The Morgan fingerprint density at radius 2 is 1.84 bits per heavy atom. The Kier molecular flexibility index (Phi) is 6.66. The minimum atomic E-state index is 0.796. The molecule has 1 saturated heterocycles. The summed E-state index contributed by atoms with van der Waals surface area (Å²) < 4.78 is 0. The van der Waals surface area contributed by atoms with Gasteiger partial charge in [-0.3, -0.25) is 4.90 Å². The van der Waals surface area contributed by atoms with Crippen LogP contribution in [0.1, 0.15) is 71.6 Å². The zero-order chi connectivity index (χ0) is 13.5. The van der Waals surface area contributed by atoms with Crippen LogP contribution >= 0.6 is 0 Å². The van der Waals surface area contributed by atoms with Gasteiger partial charge >= 0.3 is 0 Å². The van der Waals surface area contributed by atoms with E-state index in [2.05, 4.69) is 24.1 Å². The highest BCUT2D eigenvalue weighted by Crippen LogP contribution is 2.36. The molecule has 0 amide bonds. The van der Waals surface area contributed by atoms with E-state index in [4.69, 9.17) is 0 Å². The van der Waals surface area contributed by atoms with Crippen LogP contribution in [0.15, 0.2) is 0 Å². The molecule has 2 atom stereocenters. The summed E-state index contributed by atoms with van der Waals surface area (Å²) >= 11 is 0. The van der Waals surface area contributed by atoms with Crippen LogP contribution in [-0.2, 0) is 0 Å². The number of rotatable bonds is 8. The van der Waals surface area contributed by atoms with E-state index < -0.39 is 0 Å². The molecule has 2 fully saturated rings. The maximum atomic E-state index is 3.67. The van der Waals surface area contributed by atoms with Gasteiger partial charge in [-0.1, -0.05) is 33.1 Å². The highest BCUT2D eigenvalue weighted by atomic mass is 15.2. The van der Waals surface area contributed by atoms with E-state index in [9.17, 15) is 0 Å². The number of hydrogen-bond acceptors (Lipinski definition) is 2. The zero-order valence-corrected chi connectivity index (χ0v) is 13.2. The standard InChI is InChI=1S/C17H34N2/c1-3-8-16(14-18-12-4-2)19-13-7-11-17(19)15-9-5-6-10-15/h15-18H,3-14H2,1-2H3. The van der Waals surface area contributed by atoms with Gasteiger partial charge in [-0.15, -0.1) is 0 Å². The molecule has 0 aromatic heterocycles. The van der Waals surface area contributed by atoms with Crippen molar-refractivity contribution in [3.63, 3.8) is 0 Å². The molecule has 0 spiro atoms. The van der Waals surface area contributed by atoms with Gasteiger partial charge in [0.1, 0.15) is 0 Å². The lowest BCUT2D eigenvalue weighted by atomic mass is 9.94. The van der Waals surface area contributed by atoms with Gasteiger partial charge in [-0.25, -0.2) is 0 Å². The van der Waals surface area contributed by atoms with Crippen molar-refractivity contribution in [2.75, 3.05) is 19.6 Å². The zero-order valence-electron chi connectivity index (χ0n) is 13.2. The van der Waals surface area contributed by atoms with Gasteiger partial charge in [-0.2, -0.15) is 0 Å². The fourth-order valence-corrected chi connectivity index (χ4v) is 4.28. The summed E-state index contributed by atoms with van der Waals surface area (Å²) in [6.07, 6.45) is 12.8. The van der Waals surface area contributed by atoms with Gasteiger partial charge in [-0.05, 0) is 57.5 Å². The SMILES string of the molecule is CCCNCC(CCC)N1CCCC1C1CCCC1. The predicted octanol–water partition coefficient (Wildman–Crippen LogP) is 3.81. The molecule has 0 bridgehead atoms. The molecule has 1 N–H and O–H groups in total. The highest BCUT2D eigenvalue weighted by molar-refractivity contribution is 4.91. The quantitative estimate of drug-likeness (QED) is 0.672. The van der Waals surface area contributed by atoms with Crippen LogP contribution in [-0.4, -0.2) is 36.6 Å². The van der Waals surface area contributed by atoms with Crippen molar-refractivity contribution in [1.29, 1.82) is 0 Å². The molecular weight excluding hydrogens is 232 g/mol. The second kappa shape index (κ2) is 8.26. The molecule has 1 saturated carbocycles. The molecule has 2 unspecified atom stereocenters. The molecule has 1 aliphatic carbocycles. The summed E-state index contributed by atoms with van der Waals surface area (Å²) in [6, 6.07) is 1.71. The smallest absolute Gasteiger partial charge is 0.0223 e. The monoisotopic (exact) mass is 266 g/mol. The van der Waals surface area contributed by atoms with Crippen molar-refractivity contribution in [2.24, 2.45) is 5.92 Å². The van der Waals surface area contributed by atoms with Crippen LogP contribution in [0.3, 0.4) is 0 Å². The maximum Gasteiger partial charge on any atom is 0.0223 e. The Labute approximate surface area is 120 Å². The summed E-state index contributed by atoms with van der Waals surface area (Å²) in [5.74, 6) is 1.02. The van der Waals surface area contributed by atoms with Crippen molar-refractivity contribution in [2.45, 2.75) is 83.7 Å². The minimum absolute atomic E-state index is 0.796. The van der Waals surface area contributed by atoms with E-state index in [-0.39, 0.29) is 0 Å². The third-order valence-electron chi connectivity index (χ3n) is 5.18. The van der Waals surface area contributed by atoms with E-state index in [1.807, 2.05) is 0 Å². The van der Waals surface area contributed by atoms with Gasteiger partial charge in [0.15, 0.2) is 0 Å². The Morgan fingerprint density at radius 1 is 1.05 bits per heavy atom. The number of likely N-dealkylation sites (tertiary alicyclic amines) is 1. The average molecular weight is 266 g/mol. The van der Waals surface area contributed by atoms with Crippen molar-refractivity contribution in [3.8, 4) is 0 Å². The summed E-state index contributed by atoms with van der Waals surface area (Å²) in [5, 5.41) is 3.67. The van der Waals surface area contributed by atoms with Crippen molar-refractivity contribution < 1.29 is 0 Å². The fourth-order valence-electron chi connectivity index (χ4n) is 4.28. The third-order valence-corrected chi connectivity index (χ3v) is 5.18. The van der Waals surface area contributed by atoms with Crippen molar-refractivity contribution in [3.05, 3.63) is 0 Å². The lowest BCUT2D eigenvalue weighted by molar-refractivity contribution is 0.125. The Bertz CT molecular complexity index is 235. The molecular formula is C17H34N2. The lowest BCUT2D eigenvalue weighted by Crippen LogP contribution is -2.47. The van der Waals surface area contributed by atoms with Crippen molar-refractivity contribution in [1.82, 2.24) is 10.2 Å². The second-order valence-electron chi connectivity index (χ2n) is 6.64. The van der Waals surface area contributed by atoms with E-state index in [1.54, 1.807) is 0 Å². The van der Waals surface area contributed by atoms with Crippen LogP contribution in [0.5, 0.6) is 0 Å². The van der Waals surface area contributed by atoms with Gasteiger partial charge in [0.25, 0.3) is 0 Å². The number of hydrogen-bond donors (Lipinski definition) is 1. The normalized spacial score (nSPS) is 27.2. The topological polar surface area (TPSA) is 15.3 Å². The second-order valence-corrected chi connectivity index (χ2v) is 6.64. The summed E-state index contributed by atoms with van der Waals surface area (Å²) in [6.45, 7) is 8.36. The van der Waals surface area contributed by atoms with Crippen LogP contribution in [0.4, 0.5) is 0 Å². The first-order valence-corrected chi connectivity index (χ1v) is 8.83. The molecule has 2 aliphatic rings. The highest BCUT2D eigenvalue weighted by Gasteiger charge is 2.36. The molecule has 19 heavy (non-hydrogen) atoms.